The van der Waals surface area contributed by atoms with E-state index in [2.05, 4.69) is 15.1 Å². The highest BCUT2D eigenvalue weighted by Crippen LogP contribution is 2.23. The van der Waals surface area contributed by atoms with Gasteiger partial charge in [-0.1, -0.05) is 35.5 Å². The Balaban J connectivity index is 1.93. The average Bonchev–Trinajstić information content (AvgIpc) is 2.97. The van der Waals surface area contributed by atoms with Crippen LogP contribution in [0.5, 0.6) is 0 Å². The lowest BCUT2D eigenvalue weighted by Crippen LogP contribution is -2.11. The highest BCUT2D eigenvalue weighted by molar-refractivity contribution is 5.58. The van der Waals surface area contributed by atoms with Gasteiger partial charge in [-0.05, 0) is 24.1 Å². The van der Waals surface area contributed by atoms with Crippen molar-refractivity contribution in [1.29, 1.82) is 0 Å². The molecule has 0 unspecified atom stereocenters. The Bertz CT molecular complexity index is 709. The maximum Gasteiger partial charge on any atom is 0.248 e. The molecule has 0 bridgehead atoms. The summed E-state index contributed by atoms with van der Waals surface area (Å²) >= 11 is 0. The predicted molar refractivity (Wildman–Crippen MR) is 74.7 cm³/mol. The standard InChI is InChI=1S/C15H14N4O/c1-10-9-17-8-7-12(10)14-18-15(20-19-14)13(16)11-5-3-2-4-6-11/h2-9,13H,16H2,1H3/t13-/m1/s1. The largest absolute Gasteiger partial charge is 0.337 e. The van der Waals surface area contributed by atoms with Gasteiger partial charge in [0.25, 0.3) is 0 Å². The fraction of sp³-hybridized carbons (Fsp3) is 0.133. The molecule has 1 atom stereocenters. The maximum atomic E-state index is 6.14. The van der Waals surface area contributed by atoms with E-state index in [-0.39, 0.29) is 0 Å². The highest BCUT2D eigenvalue weighted by atomic mass is 16.5. The number of pyridine rings is 1. The van der Waals surface area contributed by atoms with Crippen molar-refractivity contribution in [1.82, 2.24) is 15.1 Å². The first kappa shape index (κ1) is 12.5. The average molecular weight is 266 g/mol. The van der Waals surface area contributed by atoms with Crippen LogP contribution in [0, 0.1) is 6.92 Å². The van der Waals surface area contributed by atoms with Crippen LogP contribution >= 0.6 is 0 Å². The first-order valence-electron chi connectivity index (χ1n) is 6.31. The molecule has 3 aromatic rings. The van der Waals surface area contributed by atoms with E-state index in [0.717, 1.165) is 16.7 Å². The van der Waals surface area contributed by atoms with E-state index in [1.165, 1.54) is 0 Å². The molecule has 5 heteroatoms. The Morgan fingerprint density at radius 2 is 1.95 bits per heavy atom. The first-order chi connectivity index (χ1) is 9.75. The molecule has 2 N–H and O–H groups in total. The summed E-state index contributed by atoms with van der Waals surface area (Å²) in [6.07, 6.45) is 3.47. The van der Waals surface area contributed by atoms with Crippen LogP contribution in [0.1, 0.15) is 23.1 Å². The van der Waals surface area contributed by atoms with Gasteiger partial charge in [-0.3, -0.25) is 4.98 Å². The van der Waals surface area contributed by atoms with Crippen LogP contribution in [0.2, 0.25) is 0 Å². The van der Waals surface area contributed by atoms with E-state index >= 15 is 0 Å². The van der Waals surface area contributed by atoms with Gasteiger partial charge in [0.2, 0.25) is 11.7 Å². The summed E-state index contributed by atoms with van der Waals surface area (Å²) in [6, 6.07) is 11.1. The highest BCUT2D eigenvalue weighted by Gasteiger charge is 2.17. The number of benzene rings is 1. The first-order valence-corrected chi connectivity index (χ1v) is 6.31. The molecule has 0 spiro atoms. The van der Waals surface area contributed by atoms with Crippen LogP contribution in [0.15, 0.2) is 53.3 Å². The lowest BCUT2D eigenvalue weighted by Gasteiger charge is -2.05. The van der Waals surface area contributed by atoms with Crippen LogP contribution in [-0.2, 0) is 0 Å². The van der Waals surface area contributed by atoms with Gasteiger partial charge >= 0.3 is 0 Å². The minimum Gasteiger partial charge on any atom is -0.337 e. The fourth-order valence-electron chi connectivity index (χ4n) is 2.00. The molecule has 1 aromatic carbocycles. The van der Waals surface area contributed by atoms with Crippen LogP contribution in [-0.4, -0.2) is 15.1 Å². The van der Waals surface area contributed by atoms with Crippen molar-refractivity contribution in [3.05, 3.63) is 65.8 Å². The molecule has 100 valence electrons. The second kappa shape index (κ2) is 5.22. The molecule has 2 aromatic heterocycles. The van der Waals surface area contributed by atoms with E-state index in [9.17, 15) is 0 Å². The van der Waals surface area contributed by atoms with E-state index in [1.54, 1.807) is 12.4 Å². The summed E-state index contributed by atoms with van der Waals surface area (Å²) in [7, 11) is 0. The predicted octanol–water partition coefficient (Wildman–Crippen LogP) is 2.49. The van der Waals surface area contributed by atoms with Crippen LogP contribution in [0.25, 0.3) is 11.4 Å². The topological polar surface area (TPSA) is 77.8 Å². The quantitative estimate of drug-likeness (QED) is 0.788. The molecule has 0 amide bonds. The molecule has 0 fully saturated rings. The lowest BCUT2D eigenvalue weighted by molar-refractivity contribution is 0.367. The van der Waals surface area contributed by atoms with Crippen molar-refractivity contribution in [2.24, 2.45) is 5.73 Å². The lowest BCUT2D eigenvalue weighted by atomic mass is 10.1. The minimum atomic E-state index is -0.417. The number of nitrogens with zero attached hydrogens (tertiary/aromatic N) is 3. The van der Waals surface area contributed by atoms with E-state index < -0.39 is 6.04 Å². The van der Waals surface area contributed by atoms with Crippen molar-refractivity contribution in [2.45, 2.75) is 13.0 Å². The van der Waals surface area contributed by atoms with E-state index in [0.29, 0.717) is 11.7 Å². The third kappa shape index (κ3) is 2.31. The van der Waals surface area contributed by atoms with Crippen molar-refractivity contribution >= 4 is 0 Å². The molecule has 0 radical (unpaired) electrons. The van der Waals surface area contributed by atoms with Crippen molar-refractivity contribution in [3.8, 4) is 11.4 Å². The summed E-state index contributed by atoms with van der Waals surface area (Å²) in [6.45, 7) is 1.95. The van der Waals surface area contributed by atoms with Gasteiger partial charge in [0, 0.05) is 18.0 Å². The van der Waals surface area contributed by atoms with Crippen LogP contribution < -0.4 is 5.73 Å². The zero-order valence-corrected chi connectivity index (χ0v) is 11.0. The molecular weight excluding hydrogens is 252 g/mol. The molecular formula is C15H14N4O. The van der Waals surface area contributed by atoms with Crippen molar-refractivity contribution in [3.63, 3.8) is 0 Å². The fourth-order valence-corrected chi connectivity index (χ4v) is 2.00. The number of nitrogens with two attached hydrogens (primary N) is 1. The molecule has 0 aliphatic heterocycles. The van der Waals surface area contributed by atoms with Gasteiger partial charge in [0.1, 0.15) is 6.04 Å². The zero-order chi connectivity index (χ0) is 13.9. The third-order valence-corrected chi connectivity index (χ3v) is 3.13. The molecule has 0 saturated heterocycles. The van der Waals surface area contributed by atoms with Gasteiger partial charge in [0.05, 0.1) is 0 Å². The van der Waals surface area contributed by atoms with Gasteiger partial charge < -0.3 is 10.3 Å². The summed E-state index contributed by atoms with van der Waals surface area (Å²) in [5.74, 6) is 0.939. The third-order valence-electron chi connectivity index (χ3n) is 3.13. The molecule has 2 heterocycles. The number of aryl methyl sites for hydroxylation is 1. The Morgan fingerprint density at radius 1 is 1.15 bits per heavy atom. The molecule has 0 saturated carbocycles. The SMILES string of the molecule is Cc1cnccc1-c1noc([C@H](N)c2ccccc2)n1. The summed E-state index contributed by atoms with van der Waals surface area (Å²) in [5.41, 5.74) is 8.97. The summed E-state index contributed by atoms with van der Waals surface area (Å²) in [4.78, 5) is 8.44. The normalized spacial score (nSPS) is 12.3. The zero-order valence-electron chi connectivity index (χ0n) is 11.0. The molecule has 3 rings (SSSR count). The van der Waals surface area contributed by atoms with E-state index in [1.807, 2.05) is 43.3 Å². The number of aromatic nitrogens is 3. The van der Waals surface area contributed by atoms with Gasteiger partial charge in [-0.15, -0.1) is 0 Å². The van der Waals surface area contributed by atoms with E-state index in [4.69, 9.17) is 10.3 Å². The molecule has 0 aliphatic carbocycles. The van der Waals surface area contributed by atoms with Gasteiger partial charge in [-0.25, -0.2) is 0 Å². The second-order valence-corrected chi connectivity index (χ2v) is 4.54. The Morgan fingerprint density at radius 3 is 2.70 bits per heavy atom. The van der Waals surface area contributed by atoms with Crippen LogP contribution in [0.4, 0.5) is 0 Å². The second-order valence-electron chi connectivity index (χ2n) is 4.54. The smallest absolute Gasteiger partial charge is 0.248 e. The molecule has 5 nitrogen and oxygen atoms in total. The molecule has 20 heavy (non-hydrogen) atoms. The van der Waals surface area contributed by atoms with Crippen molar-refractivity contribution < 1.29 is 4.52 Å². The number of hydrogen-bond acceptors (Lipinski definition) is 5. The Labute approximate surface area is 116 Å². The Hall–Kier alpha value is -2.53. The number of rotatable bonds is 3. The Kier molecular flexibility index (Phi) is 3.26. The summed E-state index contributed by atoms with van der Waals surface area (Å²) < 4.78 is 5.28. The molecule has 0 aliphatic rings. The maximum absolute atomic E-state index is 6.14. The number of hydrogen-bond donors (Lipinski definition) is 1. The monoisotopic (exact) mass is 266 g/mol. The van der Waals surface area contributed by atoms with Crippen LogP contribution in [0.3, 0.4) is 0 Å². The van der Waals surface area contributed by atoms with Crippen molar-refractivity contribution in [2.75, 3.05) is 0 Å². The van der Waals surface area contributed by atoms with Gasteiger partial charge in [0.15, 0.2) is 0 Å². The van der Waals surface area contributed by atoms with Gasteiger partial charge in [-0.2, -0.15) is 4.98 Å². The minimum absolute atomic E-state index is 0.405. The summed E-state index contributed by atoms with van der Waals surface area (Å²) in [5, 5.41) is 4.00.